The molecule has 0 aliphatic heterocycles. The number of para-hydroxylation sites is 1. The summed E-state index contributed by atoms with van der Waals surface area (Å²) >= 11 is 6.79. The second-order valence-corrected chi connectivity index (χ2v) is 11.5. The van der Waals surface area contributed by atoms with Crippen LogP contribution in [0, 0.1) is 0 Å². The van der Waals surface area contributed by atoms with Crippen molar-refractivity contribution in [3.8, 4) is 0 Å². The van der Waals surface area contributed by atoms with Gasteiger partial charge in [0.2, 0.25) is 21.8 Å². The number of sulfonamides is 1. The molecule has 0 unspecified atom stereocenters. The van der Waals surface area contributed by atoms with E-state index in [4.69, 9.17) is 0 Å². The van der Waals surface area contributed by atoms with Crippen LogP contribution >= 0.6 is 31.9 Å². The number of nitrogens with one attached hydrogen (secondary N) is 1. The first-order valence-corrected chi connectivity index (χ1v) is 13.9. The summed E-state index contributed by atoms with van der Waals surface area (Å²) in [5.41, 5.74) is 1.17. The molecule has 180 valence electrons. The van der Waals surface area contributed by atoms with Gasteiger partial charge in [-0.2, -0.15) is 0 Å². The lowest BCUT2D eigenvalue weighted by atomic mass is 10.1. The Labute approximate surface area is 212 Å². The van der Waals surface area contributed by atoms with Crippen molar-refractivity contribution in [1.29, 1.82) is 0 Å². The topological polar surface area (TPSA) is 86.8 Å². The molecule has 0 fully saturated rings. The van der Waals surface area contributed by atoms with Crippen LogP contribution in [0.25, 0.3) is 0 Å². The molecule has 10 heteroatoms. The van der Waals surface area contributed by atoms with Crippen LogP contribution in [0.1, 0.15) is 32.8 Å². The highest BCUT2D eigenvalue weighted by Gasteiger charge is 2.31. The first-order valence-electron chi connectivity index (χ1n) is 10.5. The molecule has 2 aromatic carbocycles. The van der Waals surface area contributed by atoms with E-state index in [2.05, 4.69) is 37.2 Å². The third kappa shape index (κ3) is 7.82. The quantitative estimate of drug-likeness (QED) is 0.439. The fourth-order valence-electron chi connectivity index (χ4n) is 3.13. The molecule has 1 N–H and O–H groups in total. The van der Waals surface area contributed by atoms with Crippen molar-refractivity contribution < 1.29 is 18.0 Å². The van der Waals surface area contributed by atoms with Crippen LogP contribution < -0.4 is 9.62 Å². The third-order valence-electron chi connectivity index (χ3n) is 5.21. The summed E-state index contributed by atoms with van der Waals surface area (Å²) in [4.78, 5) is 27.8. The van der Waals surface area contributed by atoms with Crippen LogP contribution in [0.4, 0.5) is 5.69 Å². The van der Waals surface area contributed by atoms with Crippen LogP contribution in [0.5, 0.6) is 0 Å². The molecule has 2 atom stereocenters. The number of benzene rings is 2. The molecule has 0 saturated heterocycles. The Morgan fingerprint density at radius 2 is 1.73 bits per heavy atom. The van der Waals surface area contributed by atoms with E-state index in [1.54, 1.807) is 31.2 Å². The van der Waals surface area contributed by atoms with Gasteiger partial charge in [0.05, 0.1) is 11.9 Å². The van der Waals surface area contributed by atoms with E-state index in [1.807, 2.05) is 38.1 Å². The van der Waals surface area contributed by atoms with Crippen molar-refractivity contribution in [2.45, 2.75) is 45.8 Å². The molecule has 0 spiro atoms. The van der Waals surface area contributed by atoms with Gasteiger partial charge in [0, 0.05) is 21.5 Å². The van der Waals surface area contributed by atoms with E-state index in [0.29, 0.717) is 10.2 Å². The van der Waals surface area contributed by atoms with Crippen molar-refractivity contribution in [3.63, 3.8) is 0 Å². The standard InChI is InChI=1S/C23H29Br2N3O4S/c1-5-16(2)26-23(30)17(3)27(14-18-9-8-10-19(24)13-18)22(29)15-28(33(4,31)32)21-12-7-6-11-20(21)25/h6-13,16-17H,5,14-15H2,1-4H3,(H,26,30)/t16-,17+/m1/s1. The van der Waals surface area contributed by atoms with Gasteiger partial charge in [-0.15, -0.1) is 0 Å². The average molecular weight is 603 g/mol. The zero-order valence-corrected chi connectivity index (χ0v) is 23.1. The number of anilines is 1. The first-order chi connectivity index (χ1) is 15.4. The summed E-state index contributed by atoms with van der Waals surface area (Å²) in [5, 5.41) is 2.90. The number of hydrogen-bond donors (Lipinski definition) is 1. The minimum Gasteiger partial charge on any atom is -0.352 e. The molecule has 33 heavy (non-hydrogen) atoms. The monoisotopic (exact) mass is 601 g/mol. The number of carbonyl (C=O) groups excluding carboxylic acids is 2. The molecular weight excluding hydrogens is 574 g/mol. The molecule has 0 aliphatic rings. The molecule has 2 rings (SSSR count). The summed E-state index contributed by atoms with van der Waals surface area (Å²) in [5.74, 6) is -0.776. The molecule has 0 aliphatic carbocycles. The Kier molecular flexibility index (Phi) is 9.93. The highest BCUT2D eigenvalue weighted by molar-refractivity contribution is 9.10. The molecule has 7 nitrogen and oxygen atoms in total. The fourth-order valence-corrected chi connectivity index (χ4v) is 5.05. The zero-order valence-electron chi connectivity index (χ0n) is 19.1. The van der Waals surface area contributed by atoms with Gasteiger partial charge in [-0.3, -0.25) is 13.9 Å². The van der Waals surface area contributed by atoms with Crippen LogP contribution in [-0.2, 0) is 26.2 Å². The lowest BCUT2D eigenvalue weighted by Crippen LogP contribution is -2.52. The number of amides is 2. The summed E-state index contributed by atoms with van der Waals surface area (Å²) in [6.07, 6.45) is 1.80. The van der Waals surface area contributed by atoms with E-state index in [0.717, 1.165) is 27.0 Å². The molecule has 2 aromatic rings. The SMILES string of the molecule is CC[C@@H](C)NC(=O)[C@H](C)N(Cc1cccc(Br)c1)C(=O)CN(c1ccccc1Br)S(C)(=O)=O. The highest BCUT2D eigenvalue weighted by Crippen LogP contribution is 2.28. The molecule has 0 heterocycles. The Morgan fingerprint density at radius 1 is 1.06 bits per heavy atom. The molecule has 2 amide bonds. The predicted molar refractivity (Wildman–Crippen MR) is 138 cm³/mol. The Hall–Kier alpha value is -1.91. The van der Waals surface area contributed by atoms with Crippen LogP contribution in [0.15, 0.2) is 57.5 Å². The normalized spacial score (nSPS) is 13.2. The lowest BCUT2D eigenvalue weighted by molar-refractivity contribution is -0.139. The van der Waals surface area contributed by atoms with Crippen LogP contribution in [0.3, 0.4) is 0 Å². The lowest BCUT2D eigenvalue weighted by Gasteiger charge is -2.32. The van der Waals surface area contributed by atoms with E-state index in [1.165, 1.54) is 4.90 Å². The van der Waals surface area contributed by atoms with Gasteiger partial charge in [0.15, 0.2) is 0 Å². The Balaban J connectivity index is 2.40. The van der Waals surface area contributed by atoms with Crippen molar-refractivity contribution in [3.05, 3.63) is 63.0 Å². The highest BCUT2D eigenvalue weighted by atomic mass is 79.9. The van der Waals surface area contributed by atoms with Gasteiger partial charge in [-0.05, 0) is 66.0 Å². The number of nitrogens with zero attached hydrogens (tertiary/aromatic N) is 2. The van der Waals surface area contributed by atoms with Crippen LogP contribution in [-0.4, -0.2) is 50.0 Å². The van der Waals surface area contributed by atoms with Gasteiger partial charge in [0.1, 0.15) is 12.6 Å². The number of carbonyl (C=O) groups is 2. The molecular formula is C23H29Br2N3O4S. The molecule has 0 saturated carbocycles. The number of halogens is 2. The van der Waals surface area contributed by atoms with E-state index >= 15 is 0 Å². The molecule has 0 bridgehead atoms. The Morgan fingerprint density at radius 3 is 2.30 bits per heavy atom. The van der Waals surface area contributed by atoms with E-state index in [9.17, 15) is 18.0 Å². The maximum Gasteiger partial charge on any atom is 0.244 e. The minimum absolute atomic E-state index is 0.0458. The van der Waals surface area contributed by atoms with Crippen molar-refractivity contribution in [2.24, 2.45) is 0 Å². The zero-order chi connectivity index (χ0) is 24.8. The van der Waals surface area contributed by atoms with Crippen molar-refractivity contribution >= 4 is 59.4 Å². The first kappa shape index (κ1) is 27.3. The van der Waals surface area contributed by atoms with Gasteiger partial charge in [0.25, 0.3) is 0 Å². The van der Waals surface area contributed by atoms with Gasteiger partial charge < -0.3 is 10.2 Å². The van der Waals surface area contributed by atoms with Gasteiger partial charge >= 0.3 is 0 Å². The average Bonchev–Trinajstić information content (AvgIpc) is 2.75. The molecule has 0 radical (unpaired) electrons. The summed E-state index contributed by atoms with van der Waals surface area (Å²) in [7, 11) is -3.77. The smallest absolute Gasteiger partial charge is 0.244 e. The summed E-state index contributed by atoms with van der Waals surface area (Å²) < 4.78 is 27.6. The number of hydrogen-bond acceptors (Lipinski definition) is 4. The van der Waals surface area contributed by atoms with Crippen LogP contribution in [0.2, 0.25) is 0 Å². The van der Waals surface area contributed by atoms with Crippen molar-refractivity contribution in [1.82, 2.24) is 10.2 Å². The van der Waals surface area contributed by atoms with Gasteiger partial charge in [-0.25, -0.2) is 8.42 Å². The van der Waals surface area contributed by atoms with E-state index in [-0.39, 0.29) is 18.5 Å². The summed E-state index contributed by atoms with van der Waals surface area (Å²) in [6.45, 7) is 5.22. The fraction of sp³-hybridized carbons (Fsp3) is 0.391. The minimum atomic E-state index is -3.77. The van der Waals surface area contributed by atoms with Gasteiger partial charge in [-0.1, -0.05) is 47.1 Å². The second kappa shape index (κ2) is 12.0. The second-order valence-electron chi connectivity index (χ2n) is 7.87. The van der Waals surface area contributed by atoms with Crippen molar-refractivity contribution in [2.75, 3.05) is 17.1 Å². The maximum atomic E-state index is 13.5. The maximum absolute atomic E-state index is 13.5. The summed E-state index contributed by atoms with van der Waals surface area (Å²) in [6, 6.07) is 13.4. The Bertz CT molecular complexity index is 1090. The predicted octanol–water partition coefficient (Wildman–Crippen LogP) is 4.31. The van der Waals surface area contributed by atoms with E-state index < -0.39 is 28.5 Å². The third-order valence-corrected chi connectivity index (χ3v) is 7.50. The molecule has 0 aromatic heterocycles. The number of rotatable bonds is 10. The largest absolute Gasteiger partial charge is 0.352 e.